The van der Waals surface area contributed by atoms with Crippen LogP contribution >= 0.6 is 12.2 Å². The van der Waals surface area contributed by atoms with E-state index in [1.165, 1.54) is 16.8 Å². The van der Waals surface area contributed by atoms with E-state index in [1.54, 1.807) is 18.2 Å². The molecule has 23 heavy (non-hydrogen) atoms. The molecule has 0 fully saturated rings. The largest absolute Gasteiger partial charge is 0.348 e. The summed E-state index contributed by atoms with van der Waals surface area (Å²) < 4.78 is 13.7. The van der Waals surface area contributed by atoms with E-state index in [0.717, 1.165) is 5.56 Å². The van der Waals surface area contributed by atoms with Crippen LogP contribution in [0.4, 0.5) is 10.1 Å². The van der Waals surface area contributed by atoms with Crippen molar-refractivity contribution in [3.8, 4) is 0 Å². The lowest BCUT2D eigenvalue weighted by Crippen LogP contribution is -2.30. The van der Waals surface area contributed by atoms with Gasteiger partial charge in [0, 0.05) is 13.6 Å². The molecule has 3 rings (SSSR count). The predicted molar refractivity (Wildman–Crippen MR) is 98.0 cm³/mol. The zero-order valence-electron chi connectivity index (χ0n) is 12.8. The summed E-state index contributed by atoms with van der Waals surface area (Å²) in [6, 6.07) is 21.1. The minimum Gasteiger partial charge on any atom is -0.348 e. The first-order chi connectivity index (χ1) is 11.1. The summed E-state index contributed by atoms with van der Waals surface area (Å²) in [4.78, 5) is 1.89. The van der Waals surface area contributed by atoms with Crippen molar-refractivity contribution in [3.05, 3.63) is 78.1 Å². The van der Waals surface area contributed by atoms with E-state index in [9.17, 15) is 4.39 Å². The number of para-hydroxylation sites is 1. The molecule has 0 atom stereocenters. The first kappa shape index (κ1) is 15.4. The van der Waals surface area contributed by atoms with Gasteiger partial charge in [0.15, 0.2) is 5.11 Å². The predicted octanol–water partition coefficient (Wildman–Crippen LogP) is 4.81. The van der Waals surface area contributed by atoms with E-state index in [-0.39, 0.29) is 5.82 Å². The maximum absolute atomic E-state index is 13.7. The molecule has 0 spiro atoms. The monoisotopic (exact) mass is 324 g/mol. The van der Waals surface area contributed by atoms with E-state index < -0.39 is 0 Å². The van der Waals surface area contributed by atoms with E-state index >= 15 is 0 Å². The Morgan fingerprint density at radius 2 is 1.70 bits per heavy atom. The fourth-order valence-electron chi connectivity index (χ4n) is 2.46. The van der Waals surface area contributed by atoms with Crippen molar-refractivity contribution in [3.63, 3.8) is 0 Å². The lowest BCUT2D eigenvalue weighted by molar-refractivity contribution is 0.508. The van der Waals surface area contributed by atoms with Gasteiger partial charge >= 0.3 is 0 Å². The first-order valence-electron chi connectivity index (χ1n) is 7.38. The summed E-state index contributed by atoms with van der Waals surface area (Å²) in [5, 5.41) is 5.85. The topological polar surface area (TPSA) is 15.3 Å². The molecule has 0 aliphatic rings. The average molecular weight is 324 g/mol. The fraction of sp³-hybridized carbons (Fsp3) is 0.105. The van der Waals surface area contributed by atoms with Gasteiger partial charge in [-0.2, -0.15) is 0 Å². The van der Waals surface area contributed by atoms with Crippen LogP contribution in [0.5, 0.6) is 0 Å². The summed E-state index contributed by atoms with van der Waals surface area (Å²) in [5.41, 5.74) is 1.55. The van der Waals surface area contributed by atoms with Gasteiger partial charge < -0.3 is 10.2 Å². The molecule has 0 aromatic heterocycles. The molecular weight excluding hydrogens is 307 g/mol. The van der Waals surface area contributed by atoms with Gasteiger partial charge in [0.1, 0.15) is 5.82 Å². The van der Waals surface area contributed by atoms with Crippen molar-refractivity contribution in [2.24, 2.45) is 0 Å². The van der Waals surface area contributed by atoms with Gasteiger partial charge in [-0.25, -0.2) is 4.39 Å². The van der Waals surface area contributed by atoms with Gasteiger partial charge in [-0.15, -0.1) is 0 Å². The highest BCUT2D eigenvalue weighted by Crippen LogP contribution is 2.17. The van der Waals surface area contributed by atoms with Crippen molar-refractivity contribution >= 4 is 33.8 Å². The van der Waals surface area contributed by atoms with Crippen LogP contribution in [0.25, 0.3) is 10.8 Å². The number of fused-ring (bicyclic) bond motifs is 1. The Bertz CT molecular complexity index is 847. The van der Waals surface area contributed by atoms with Gasteiger partial charge in [-0.3, -0.25) is 0 Å². The van der Waals surface area contributed by atoms with Crippen molar-refractivity contribution in [1.82, 2.24) is 4.90 Å². The highest BCUT2D eigenvalue weighted by Gasteiger charge is 2.08. The number of halogens is 1. The number of thiocarbonyl (C=S) groups is 1. The zero-order chi connectivity index (χ0) is 16.2. The minimum atomic E-state index is -0.311. The molecule has 2 nitrogen and oxygen atoms in total. The molecule has 0 radical (unpaired) electrons. The molecule has 0 amide bonds. The van der Waals surface area contributed by atoms with Crippen molar-refractivity contribution in [2.45, 2.75) is 6.54 Å². The van der Waals surface area contributed by atoms with Crippen LogP contribution in [-0.4, -0.2) is 17.1 Å². The molecule has 3 aromatic rings. The lowest BCUT2D eigenvalue weighted by atomic mass is 10.1. The standard InChI is InChI=1S/C19H17FN2S/c1-22(19(23)21-18-9-5-4-8-17(18)20)13-14-10-11-15-6-2-3-7-16(15)12-14/h2-12H,13H2,1H3,(H,21,23). The van der Waals surface area contributed by atoms with Crippen LogP contribution in [0.15, 0.2) is 66.7 Å². The first-order valence-corrected chi connectivity index (χ1v) is 7.78. The van der Waals surface area contributed by atoms with E-state index in [2.05, 4.69) is 35.6 Å². The van der Waals surface area contributed by atoms with Crippen LogP contribution in [0.1, 0.15) is 5.56 Å². The Morgan fingerprint density at radius 3 is 2.48 bits per heavy atom. The Kier molecular flexibility index (Phi) is 4.53. The van der Waals surface area contributed by atoms with Crippen molar-refractivity contribution in [1.29, 1.82) is 0 Å². The summed E-state index contributed by atoms with van der Waals surface area (Å²) >= 11 is 5.36. The molecule has 0 saturated heterocycles. The van der Waals surface area contributed by atoms with Gasteiger partial charge in [-0.05, 0) is 46.8 Å². The molecular formula is C19H17FN2S. The maximum atomic E-state index is 13.7. The number of anilines is 1. The quantitative estimate of drug-likeness (QED) is 0.696. The van der Waals surface area contributed by atoms with Gasteiger partial charge in [0.2, 0.25) is 0 Å². The molecule has 0 aliphatic heterocycles. The van der Waals surface area contributed by atoms with Crippen LogP contribution < -0.4 is 5.32 Å². The average Bonchev–Trinajstić information content (AvgIpc) is 2.56. The summed E-state index contributed by atoms with van der Waals surface area (Å²) in [5.74, 6) is -0.311. The second-order valence-corrected chi connectivity index (χ2v) is 5.83. The van der Waals surface area contributed by atoms with E-state index in [4.69, 9.17) is 12.2 Å². The third-order valence-corrected chi connectivity index (χ3v) is 4.11. The van der Waals surface area contributed by atoms with E-state index in [0.29, 0.717) is 17.3 Å². The highest BCUT2D eigenvalue weighted by molar-refractivity contribution is 7.80. The minimum absolute atomic E-state index is 0.311. The number of hydrogen-bond donors (Lipinski definition) is 1. The van der Waals surface area contributed by atoms with Crippen LogP contribution in [0.2, 0.25) is 0 Å². The fourth-order valence-corrected chi connectivity index (χ4v) is 2.63. The SMILES string of the molecule is CN(Cc1ccc2ccccc2c1)C(=S)Nc1ccccc1F. The number of benzene rings is 3. The Hall–Kier alpha value is -2.46. The zero-order valence-corrected chi connectivity index (χ0v) is 13.6. The van der Waals surface area contributed by atoms with Crippen molar-refractivity contribution in [2.75, 3.05) is 12.4 Å². The maximum Gasteiger partial charge on any atom is 0.173 e. The van der Waals surface area contributed by atoms with Gasteiger partial charge in [0.05, 0.1) is 5.69 Å². The second kappa shape index (κ2) is 6.75. The molecule has 0 aliphatic carbocycles. The molecule has 4 heteroatoms. The number of rotatable bonds is 3. The molecule has 3 aromatic carbocycles. The van der Waals surface area contributed by atoms with Crippen LogP contribution in [-0.2, 0) is 6.54 Å². The molecule has 0 unspecified atom stereocenters. The smallest absolute Gasteiger partial charge is 0.173 e. The van der Waals surface area contributed by atoms with Crippen LogP contribution in [0.3, 0.4) is 0 Å². The molecule has 0 saturated carbocycles. The molecule has 116 valence electrons. The molecule has 0 bridgehead atoms. The molecule has 1 N–H and O–H groups in total. The number of nitrogens with one attached hydrogen (secondary N) is 1. The Labute approximate surface area is 140 Å². The van der Waals surface area contributed by atoms with Gasteiger partial charge in [0.25, 0.3) is 0 Å². The summed E-state index contributed by atoms with van der Waals surface area (Å²) in [6.07, 6.45) is 0. The number of nitrogens with zero attached hydrogens (tertiary/aromatic N) is 1. The van der Waals surface area contributed by atoms with Crippen LogP contribution in [0, 0.1) is 5.82 Å². The molecule has 0 heterocycles. The number of hydrogen-bond acceptors (Lipinski definition) is 1. The highest BCUT2D eigenvalue weighted by atomic mass is 32.1. The normalized spacial score (nSPS) is 10.5. The van der Waals surface area contributed by atoms with E-state index in [1.807, 2.05) is 24.1 Å². The third-order valence-electron chi connectivity index (χ3n) is 3.70. The third kappa shape index (κ3) is 3.66. The summed E-state index contributed by atoms with van der Waals surface area (Å²) in [7, 11) is 1.89. The second-order valence-electron chi connectivity index (χ2n) is 5.45. The Balaban J connectivity index is 1.71. The van der Waals surface area contributed by atoms with Crippen molar-refractivity contribution < 1.29 is 4.39 Å². The summed E-state index contributed by atoms with van der Waals surface area (Å²) in [6.45, 7) is 0.658. The van der Waals surface area contributed by atoms with Gasteiger partial charge in [-0.1, -0.05) is 48.5 Å². The Morgan fingerprint density at radius 1 is 1.00 bits per heavy atom. The lowest BCUT2D eigenvalue weighted by Gasteiger charge is -2.21.